The van der Waals surface area contributed by atoms with Crippen LogP contribution in [0.25, 0.3) is 0 Å². The Balaban J connectivity index is 1.56. The topological polar surface area (TPSA) is 24.8 Å². The summed E-state index contributed by atoms with van der Waals surface area (Å²) >= 11 is 0. The third-order valence-corrected chi connectivity index (χ3v) is 1.81. The van der Waals surface area contributed by atoms with Crippen molar-refractivity contribution in [1.29, 1.82) is 0 Å². The number of hydrogen-bond acceptors (Lipinski definition) is 3. The van der Waals surface area contributed by atoms with Crippen molar-refractivity contribution in [2.45, 2.75) is 6.10 Å². The molecule has 2 fully saturated rings. The molecule has 0 aromatic heterocycles. The van der Waals surface area contributed by atoms with Crippen LogP contribution in [0.1, 0.15) is 0 Å². The van der Waals surface area contributed by atoms with Crippen molar-refractivity contribution in [2.24, 2.45) is 0 Å². The van der Waals surface area contributed by atoms with Crippen LogP contribution in [0.15, 0.2) is 0 Å². The van der Waals surface area contributed by atoms with E-state index in [9.17, 15) is 0 Å². The summed E-state index contributed by atoms with van der Waals surface area (Å²) in [7, 11) is 0.907. The molecule has 0 N–H and O–H groups in total. The number of rotatable bonds is 3. The lowest BCUT2D eigenvalue weighted by molar-refractivity contribution is -0.0411. The zero-order valence-electron chi connectivity index (χ0n) is 4.46. The Kier molecular flexibility index (Phi) is 1.23. The van der Waals surface area contributed by atoms with E-state index >= 15 is 0 Å². The lowest BCUT2D eigenvalue weighted by Crippen LogP contribution is -2.04. The molecule has 3 unspecified atom stereocenters. The van der Waals surface area contributed by atoms with E-state index in [1.807, 2.05) is 4.83 Å². The van der Waals surface area contributed by atoms with Crippen molar-refractivity contribution >= 4 is 8.73 Å². The third-order valence-electron chi connectivity index (χ3n) is 1.11. The Morgan fingerprint density at radius 1 is 1.88 bits per heavy atom. The van der Waals surface area contributed by atoms with E-state index in [0.717, 1.165) is 28.2 Å². The number of ether oxygens (including phenoxy) is 1. The first-order valence-corrected chi connectivity index (χ1v) is 3.86. The van der Waals surface area contributed by atoms with Gasteiger partial charge in [0.05, 0.1) is 19.5 Å². The maximum absolute atomic E-state index is 5.20. The highest BCUT2D eigenvalue weighted by Crippen LogP contribution is 2.36. The van der Waals surface area contributed by atoms with Crippen LogP contribution in [0.2, 0.25) is 0 Å². The molecule has 0 radical (unpaired) electrons. The van der Waals surface area contributed by atoms with Gasteiger partial charge in [0.25, 0.3) is 0 Å². The molecular formula is C4H8NO2P. The largest absolute Gasteiger partial charge is 0.371 e. The number of hydrogen-bond donors (Lipinski definition) is 0. The van der Waals surface area contributed by atoms with Gasteiger partial charge in [-0.1, -0.05) is 0 Å². The van der Waals surface area contributed by atoms with E-state index in [0.29, 0.717) is 6.10 Å². The molecule has 0 aliphatic carbocycles. The monoisotopic (exact) mass is 133 g/mol. The fourth-order valence-corrected chi connectivity index (χ4v) is 0.772. The molecule has 0 saturated carbocycles. The lowest BCUT2D eigenvalue weighted by Gasteiger charge is -1.95. The van der Waals surface area contributed by atoms with Gasteiger partial charge in [-0.3, -0.25) is 4.84 Å². The Morgan fingerprint density at radius 3 is 3.12 bits per heavy atom. The second-order valence-electron chi connectivity index (χ2n) is 1.95. The number of epoxide rings is 1. The Hall–Kier alpha value is 0.310. The van der Waals surface area contributed by atoms with Gasteiger partial charge in [0.15, 0.2) is 0 Å². The maximum atomic E-state index is 5.20. The average Bonchev–Trinajstić information content (AvgIpc) is 2.60. The molecule has 0 bridgehead atoms. The molecule has 3 atom stereocenters. The summed E-state index contributed by atoms with van der Waals surface area (Å²) in [6.07, 6.45) is 1.55. The Bertz CT molecular complexity index is 80.0. The summed E-state index contributed by atoms with van der Waals surface area (Å²) < 4.78 is 4.94. The normalized spacial score (nSPS) is 45.0. The van der Waals surface area contributed by atoms with Gasteiger partial charge in [0.1, 0.15) is 6.10 Å². The van der Waals surface area contributed by atoms with Crippen molar-refractivity contribution in [3.05, 3.63) is 0 Å². The smallest absolute Gasteiger partial charge is 0.106 e. The Labute approximate surface area is 49.7 Å². The van der Waals surface area contributed by atoms with Crippen molar-refractivity contribution in [3.8, 4) is 0 Å². The minimum absolute atomic E-state index is 0.417. The molecule has 2 rings (SSSR count). The second kappa shape index (κ2) is 1.92. The van der Waals surface area contributed by atoms with Crippen LogP contribution < -0.4 is 0 Å². The highest BCUT2D eigenvalue weighted by molar-refractivity contribution is 7.42. The minimum Gasteiger partial charge on any atom is -0.371 e. The summed E-state index contributed by atoms with van der Waals surface area (Å²) in [6.45, 7) is 1.67. The van der Waals surface area contributed by atoms with Crippen molar-refractivity contribution < 1.29 is 9.57 Å². The van der Waals surface area contributed by atoms with E-state index in [1.54, 1.807) is 0 Å². The lowest BCUT2D eigenvalue weighted by atomic mass is 10.5. The maximum Gasteiger partial charge on any atom is 0.106 e. The molecule has 3 nitrogen and oxygen atoms in total. The van der Waals surface area contributed by atoms with Crippen LogP contribution in [0, 0.1) is 0 Å². The SMILES string of the molecule is C1OC1CON1CP1. The predicted molar refractivity (Wildman–Crippen MR) is 30.7 cm³/mol. The summed E-state index contributed by atoms with van der Waals surface area (Å²) in [6, 6.07) is 0. The molecule has 0 aromatic carbocycles. The Morgan fingerprint density at radius 2 is 2.62 bits per heavy atom. The van der Waals surface area contributed by atoms with E-state index in [1.165, 1.54) is 0 Å². The fourth-order valence-electron chi connectivity index (χ4n) is 0.458. The second-order valence-corrected chi connectivity index (χ2v) is 3.08. The molecule has 2 aliphatic rings. The summed E-state index contributed by atoms with van der Waals surface area (Å²) in [5.41, 5.74) is 0. The van der Waals surface area contributed by atoms with Crippen LogP contribution in [0.3, 0.4) is 0 Å². The van der Waals surface area contributed by atoms with Gasteiger partial charge in [-0.25, -0.2) is 0 Å². The molecule has 8 heavy (non-hydrogen) atoms. The van der Waals surface area contributed by atoms with Gasteiger partial charge < -0.3 is 4.74 Å². The molecule has 46 valence electrons. The molecule has 4 heteroatoms. The molecule has 2 saturated heterocycles. The van der Waals surface area contributed by atoms with E-state index < -0.39 is 0 Å². The quantitative estimate of drug-likeness (QED) is 0.405. The first-order chi connectivity index (χ1) is 3.95. The minimum atomic E-state index is 0.417. The molecule has 0 spiro atoms. The van der Waals surface area contributed by atoms with Gasteiger partial charge in [0, 0.05) is 0 Å². The molecule has 2 aliphatic heterocycles. The van der Waals surface area contributed by atoms with Gasteiger partial charge in [-0.05, 0) is 8.73 Å². The summed E-state index contributed by atoms with van der Waals surface area (Å²) in [5.74, 6) is 0. The number of nitrogens with zero attached hydrogens (tertiary/aromatic N) is 1. The van der Waals surface area contributed by atoms with Crippen LogP contribution in [-0.2, 0) is 9.57 Å². The van der Waals surface area contributed by atoms with Crippen LogP contribution in [-0.4, -0.2) is 30.4 Å². The number of hydroxylamine groups is 1. The first kappa shape index (κ1) is 5.12. The summed E-state index contributed by atoms with van der Waals surface area (Å²) in [4.78, 5) is 7.16. The zero-order chi connectivity index (χ0) is 5.40. The van der Waals surface area contributed by atoms with E-state index in [2.05, 4.69) is 0 Å². The molecule has 0 aromatic rings. The molecule has 0 amide bonds. The average molecular weight is 133 g/mol. The van der Waals surface area contributed by atoms with Crippen molar-refractivity contribution in [1.82, 2.24) is 4.83 Å². The third kappa shape index (κ3) is 1.39. The van der Waals surface area contributed by atoms with Crippen molar-refractivity contribution in [2.75, 3.05) is 19.5 Å². The predicted octanol–water partition coefficient (Wildman–Crippen LogP) is 0.183. The van der Waals surface area contributed by atoms with Crippen LogP contribution in [0.4, 0.5) is 0 Å². The highest BCUT2D eigenvalue weighted by atomic mass is 31.1. The van der Waals surface area contributed by atoms with Crippen LogP contribution >= 0.6 is 8.73 Å². The zero-order valence-corrected chi connectivity index (χ0v) is 5.46. The van der Waals surface area contributed by atoms with Crippen LogP contribution in [0.5, 0.6) is 0 Å². The standard InChI is InChI=1S/C4H8NO2P/c1-4(6-1)2-7-5-3-8-5/h4,8H,1-3H2. The van der Waals surface area contributed by atoms with E-state index in [-0.39, 0.29) is 0 Å². The first-order valence-electron chi connectivity index (χ1n) is 2.71. The molecule has 2 heterocycles. The van der Waals surface area contributed by atoms with E-state index in [4.69, 9.17) is 9.57 Å². The summed E-state index contributed by atoms with van der Waals surface area (Å²) in [5, 5.41) is 0. The molecular weight excluding hydrogens is 125 g/mol. The van der Waals surface area contributed by atoms with Gasteiger partial charge in [0.2, 0.25) is 0 Å². The van der Waals surface area contributed by atoms with Gasteiger partial charge >= 0.3 is 0 Å². The fraction of sp³-hybridized carbons (Fsp3) is 1.00. The highest BCUT2D eigenvalue weighted by Gasteiger charge is 2.26. The van der Waals surface area contributed by atoms with Crippen molar-refractivity contribution in [3.63, 3.8) is 0 Å². The van der Waals surface area contributed by atoms with Gasteiger partial charge in [-0.15, -0.1) is 0 Å². The van der Waals surface area contributed by atoms with Gasteiger partial charge in [-0.2, -0.15) is 4.83 Å².